The summed E-state index contributed by atoms with van der Waals surface area (Å²) < 4.78 is 20.6. The Hall–Kier alpha value is -3.54. The SMILES string of the molecule is CCN(c1nc(OC[C@@]23CCCN2CC(F)C3)nc(N2CC3(C2)SCc2sc(N)c(C#N)c23)c1N)[C@H](C)c1cccnc1N. The van der Waals surface area contributed by atoms with Gasteiger partial charge in [0.05, 0.1) is 21.9 Å². The molecule has 3 aromatic rings. The third kappa shape index (κ3) is 4.50. The van der Waals surface area contributed by atoms with Gasteiger partial charge < -0.3 is 31.7 Å². The van der Waals surface area contributed by atoms with Gasteiger partial charge in [-0.25, -0.2) is 9.37 Å². The van der Waals surface area contributed by atoms with Crippen LogP contribution in [-0.2, 0) is 10.5 Å². The van der Waals surface area contributed by atoms with E-state index in [-0.39, 0.29) is 22.3 Å². The average molecular weight is 637 g/mol. The number of hydrogen-bond donors (Lipinski definition) is 3. The summed E-state index contributed by atoms with van der Waals surface area (Å²) in [6.07, 6.45) is 3.19. The molecule has 3 aromatic heterocycles. The van der Waals surface area contributed by atoms with Gasteiger partial charge >= 0.3 is 6.01 Å². The second kappa shape index (κ2) is 10.8. The van der Waals surface area contributed by atoms with Crippen molar-refractivity contribution in [2.75, 3.05) is 66.3 Å². The Morgan fingerprint density at radius 2 is 2.11 bits per heavy atom. The number of nitrogens with two attached hydrogens (primary N) is 3. The van der Waals surface area contributed by atoms with E-state index >= 15 is 0 Å². The number of alkyl halides is 1. The van der Waals surface area contributed by atoms with Gasteiger partial charge in [0.25, 0.3) is 0 Å². The molecule has 6 N–H and O–H groups in total. The van der Waals surface area contributed by atoms with Gasteiger partial charge in [-0.3, -0.25) is 4.90 Å². The molecule has 0 amide bonds. The Bertz CT molecular complexity index is 1640. The fourth-order valence-corrected chi connectivity index (χ4v) is 10.4. The summed E-state index contributed by atoms with van der Waals surface area (Å²) in [5.74, 6) is 2.43. The molecule has 3 saturated heterocycles. The van der Waals surface area contributed by atoms with Crippen molar-refractivity contribution >= 4 is 51.2 Å². The van der Waals surface area contributed by atoms with Gasteiger partial charge in [-0.1, -0.05) is 6.07 Å². The highest BCUT2D eigenvalue weighted by atomic mass is 32.2. The summed E-state index contributed by atoms with van der Waals surface area (Å²) in [6.45, 7) is 7.60. The predicted molar refractivity (Wildman–Crippen MR) is 174 cm³/mol. The van der Waals surface area contributed by atoms with Crippen molar-refractivity contribution in [2.24, 2.45) is 0 Å². The molecule has 7 rings (SSSR count). The molecule has 1 spiro atoms. The predicted octanol–water partition coefficient (Wildman–Crippen LogP) is 4.06. The topological polar surface area (TPSA) is 159 Å². The first-order valence-corrected chi connectivity index (χ1v) is 16.9. The van der Waals surface area contributed by atoms with E-state index in [4.69, 9.17) is 31.9 Å². The molecular formula is C30H37FN10OS2. The molecule has 0 radical (unpaired) electrons. The van der Waals surface area contributed by atoms with Gasteiger partial charge in [-0.2, -0.15) is 15.2 Å². The van der Waals surface area contributed by atoms with E-state index in [9.17, 15) is 9.65 Å². The summed E-state index contributed by atoms with van der Waals surface area (Å²) in [5, 5.41) is 10.4. The van der Waals surface area contributed by atoms with E-state index in [2.05, 4.69) is 25.8 Å². The molecule has 1 unspecified atom stereocenters. The molecule has 44 heavy (non-hydrogen) atoms. The molecule has 7 heterocycles. The monoisotopic (exact) mass is 636 g/mol. The number of fused-ring (bicyclic) bond motifs is 3. The van der Waals surface area contributed by atoms with Crippen molar-refractivity contribution in [3.8, 4) is 12.1 Å². The third-order valence-corrected chi connectivity index (χ3v) is 12.4. The fourth-order valence-electron chi connectivity index (χ4n) is 7.59. The number of anilines is 5. The minimum atomic E-state index is -0.853. The summed E-state index contributed by atoms with van der Waals surface area (Å²) in [5.41, 5.74) is 22.0. The molecular weight excluding hydrogens is 600 g/mol. The number of nitriles is 1. The summed E-state index contributed by atoms with van der Waals surface area (Å²) >= 11 is 3.36. The lowest BCUT2D eigenvalue weighted by atomic mass is 9.88. The van der Waals surface area contributed by atoms with Crippen LogP contribution in [0.25, 0.3) is 0 Å². The highest BCUT2D eigenvalue weighted by Crippen LogP contribution is 2.58. The normalized spacial score (nSPS) is 24.1. The van der Waals surface area contributed by atoms with Crippen molar-refractivity contribution in [3.05, 3.63) is 39.9 Å². The van der Waals surface area contributed by atoms with E-state index in [1.807, 2.05) is 37.7 Å². The van der Waals surface area contributed by atoms with E-state index in [0.717, 1.165) is 36.3 Å². The molecule has 4 aliphatic heterocycles. The molecule has 0 bridgehead atoms. The van der Waals surface area contributed by atoms with E-state index in [1.54, 1.807) is 6.20 Å². The standard InChI is InChI=1S/C30H37FN10OS2/c1-3-41(17(2)19-6-4-8-36-24(19)34)27-23(33)26(37-28(38-27)42-16-29-7-5-9-40(29)12-18(31)10-29)39-14-30(15-39)22-20(11-32)25(35)44-21(22)13-43-30/h4,6,8,17-18H,3,5,7,9-10,12-16,33,35H2,1-2H3,(H2,34,36)/t17-,18?,29+/m1/s1. The van der Waals surface area contributed by atoms with E-state index in [1.165, 1.54) is 16.2 Å². The minimum Gasteiger partial charge on any atom is -0.461 e. The second-order valence-electron chi connectivity index (χ2n) is 12.3. The second-order valence-corrected chi connectivity index (χ2v) is 14.8. The summed E-state index contributed by atoms with van der Waals surface area (Å²) in [7, 11) is 0. The number of aromatic nitrogens is 3. The van der Waals surface area contributed by atoms with Crippen LogP contribution in [-0.4, -0.2) is 70.9 Å². The van der Waals surface area contributed by atoms with Crippen molar-refractivity contribution in [2.45, 2.75) is 61.4 Å². The number of ether oxygens (including phenoxy) is 1. The average Bonchev–Trinajstić information content (AvgIpc) is 3.71. The summed E-state index contributed by atoms with van der Waals surface area (Å²) in [6, 6.07) is 6.20. The first-order chi connectivity index (χ1) is 21.2. The van der Waals surface area contributed by atoms with Gasteiger partial charge in [0.1, 0.15) is 35.4 Å². The largest absolute Gasteiger partial charge is 0.461 e. The Morgan fingerprint density at radius 3 is 2.86 bits per heavy atom. The Morgan fingerprint density at radius 1 is 1.30 bits per heavy atom. The van der Waals surface area contributed by atoms with Crippen LogP contribution in [0.4, 0.5) is 32.5 Å². The zero-order valence-corrected chi connectivity index (χ0v) is 26.6. The van der Waals surface area contributed by atoms with Gasteiger partial charge in [0, 0.05) is 60.6 Å². The van der Waals surface area contributed by atoms with Crippen molar-refractivity contribution < 1.29 is 9.13 Å². The van der Waals surface area contributed by atoms with Crippen LogP contribution >= 0.6 is 23.1 Å². The van der Waals surface area contributed by atoms with Crippen LogP contribution in [0.1, 0.15) is 60.7 Å². The molecule has 0 saturated carbocycles. The number of thiophene rings is 1. The Labute approximate surface area is 264 Å². The molecule has 3 fully saturated rings. The van der Waals surface area contributed by atoms with Crippen molar-refractivity contribution in [1.82, 2.24) is 19.9 Å². The lowest BCUT2D eigenvalue weighted by Gasteiger charge is -2.49. The number of rotatable bonds is 8. The van der Waals surface area contributed by atoms with E-state index < -0.39 is 6.17 Å². The molecule has 14 heteroatoms. The fraction of sp³-hybridized carbons (Fsp3) is 0.533. The van der Waals surface area contributed by atoms with Crippen molar-refractivity contribution in [3.63, 3.8) is 0 Å². The molecule has 4 aliphatic rings. The first kappa shape index (κ1) is 29.2. The Balaban J connectivity index is 1.24. The molecule has 3 atom stereocenters. The van der Waals surface area contributed by atoms with Crippen LogP contribution in [0.15, 0.2) is 18.3 Å². The van der Waals surface area contributed by atoms with Gasteiger partial charge in [-0.05, 0) is 39.3 Å². The van der Waals surface area contributed by atoms with Crippen LogP contribution in [0.2, 0.25) is 0 Å². The minimum absolute atomic E-state index is 0.180. The van der Waals surface area contributed by atoms with Gasteiger partial charge in [0.15, 0.2) is 11.6 Å². The van der Waals surface area contributed by atoms with Crippen LogP contribution in [0.3, 0.4) is 0 Å². The number of hydrogen-bond acceptors (Lipinski definition) is 13. The third-order valence-electron chi connectivity index (χ3n) is 9.76. The number of nitrogen functional groups attached to an aromatic ring is 3. The quantitative estimate of drug-likeness (QED) is 0.326. The highest BCUT2D eigenvalue weighted by Gasteiger charge is 2.53. The maximum absolute atomic E-state index is 14.5. The molecule has 11 nitrogen and oxygen atoms in total. The summed E-state index contributed by atoms with van der Waals surface area (Å²) in [4.78, 5) is 21.6. The van der Waals surface area contributed by atoms with Crippen molar-refractivity contribution in [1.29, 1.82) is 5.26 Å². The van der Waals surface area contributed by atoms with Crippen LogP contribution < -0.4 is 31.7 Å². The van der Waals surface area contributed by atoms with Crippen LogP contribution in [0.5, 0.6) is 6.01 Å². The number of pyridine rings is 1. The first-order valence-electron chi connectivity index (χ1n) is 15.1. The smallest absolute Gasteiger partial charge is 0.320 e. The Kier molecular flexibility index (Phi) is 7.17. The number of nitrogens with zero attached hydrogens (tertiary/aromatic N) is 7. The number of halogens is 1. The van der Waals surface area contributed by atoms with Crippen LogP contribution in [0, 0.1) is 11.3 Å². The van der Waals surface area contributed by atoms with E-state index in [0.29, 0.717) is 72.9 Å². The molecule has 0 aromatic carbocycles. The molecule has 0 aliphatic carbocycles. The maximum Gasteiger partial charge on any atom is 0.320 e. The zero-order chi connectivity index (χ0) is 30.8. The lowest BCUT2D eigenvalue weighted by molar-refractivity contribution is 0.107. The van der Waals surface area contributed by atoms with Gasteiger partial charge in [-0.15, -0.1) is 23.1 Å². The zero-order valence-electron chi connectivity index (χ0n) is 24.9. The lowest BCUT2D eigenvalue weighted by Crippen LogP contribution is -2.57. The van der Waals surface area contributed by atoms with Gasteiger partial charge in [0.2, 0.25) is 0 Å². The number of thioether (sulfide) groups is 1. The highest BCUT2D eigenvalue weighted by molar-refractivity contribution is 8.00. The molecule has 232 valence electrons. The maximum atomic E-state index is 14.5.